The van der Waals surface area contributed by atoms with Gasteiger partial charge in [0.05, 0.1) is 24.5 Å². The van der Waals surface area contributed by atoms with Gasteiger partial charge in [-0.3, -0.25) is 9.48 Å². The Hall–Kier alpha value is -1.40. The number of methoxy groups -OCH3 is 1. The highest BCUT2D eigenvalue weighted by atomic mass is 16.5. The van der Waals surface area contributed by atoms with E-state index in [0.717, 1.165) is 24.2 Å². The minimum absolute atomic E-state index is 0.0262. The molecule has 1 aliphatic rings. The monoisotopic (exact) mass is 281 g/mol. The van der Waals surface area contributed by atoms with Crippen molar-refractivity contribution >= 4 is 5.91 Å². The highest BCUT2D eigenvalue weighted by Crippen LogP contribution is 2.32. The summed E-state index contributed by atoms with van der Waals surface area (Å²) in [5.41, 5.74) is 2.58. The summed E-state index contributed by atoms with van der Waals surface area (Å²) in [5, 5.41) is 7.29. The van der Waals surface area contributed by atoms with Crippen molar-refractivity contribution in [3.8, 4) is 0 Å². The first-order valence-corrected chi connectivity index (χ1v) is 7.10. The minimum atomic E-state index is -0.133. The average Bonchev–Trinajstić information content (AvgIpc) is 2.77. The Kier molecular flexibility index (Phi) is 4.77. The van der Waals surface area contributed by atoms with E-state index in [-0.39, 0.29) is 18.1 Å². The molecule has 1 amide bonds. The van der Waals surface area contributed by atoms with E-state index in [4.69, 9.17) is 9.47 Å². The summed E-state index contributed by atoms with van der Waals surface area (Å²) in [4.78, 5) is 12.3. The molecule has 1 aliphatic heterocycles. The van der Waals surface area contributed by atoms with Gasteiger partial charge >= 0.3 is 0 Å². The molecule has 1 N–H and O–H groups in total. The van der Waals surface area contributed by atoms with E-state index < -0.39 is 0 Å². The van der Waals surface area contributed by atoms with Crippen molar-refractivity contribution in [2.24, 2.45) is 0 Å². The Labute approximate surface area is 119 Å². The molecular weight excluding hydrogens is 258 g/mol. The van der Waals surface area contributed by atoms with Crippen LogP contribution in [0.2, 0.25) is 0 Å². The van der Waals surface area contributed by atoms with Gasteiger partial charge in [-0.1, -0.05) is 0 Å². The number of amides is 1. The summed E-state index contributed by atoms with van der Waals surface area (Å²) in [6.07, 6.45) is 0.812. The predicted octanol–water partition coefficient (Wildman–Crippen LogP) is 1.30. The molecule has 0 aromatic carbocycles. The second-order valence-corrected chi connectivity index (χ2v) is 5.07. The molecule has 0 bridgehead atoms. The van der Waals surface area contributed by atoms with E-state index in [1.54, 1.807) is 7.11 Å². The standard InChI is InChI=1S/C14H23N3O3/c1-5-17-13-10(3)20-9(2)8-11(13)12(16-17)14(18)15-6-7-19-4/h9-10H,5-8H2,1-4H3,(H,15,18)/t9-,10+/m1/s1. The molecule has 112 valence electrons. The number of carbonyl (C=O) groups excluding carboxylic acids is 1. The number of carbonyl (C=O) groups is 1. The molecule has 0 aliphatic carbocycles. The largest absolute Gasteiger partial charge is 0.383 e. The lowest BCUT2D eigenvalue weighted by atomic mass is 9.99. The fourth-order valence-corrected chi connectivity index (χ4v) is 2.69. The van der Waals surface area contributed by atoms with Gasteiger partial charge < -0.3 is 14.8 Å². The van der Waals surface area contributed by atoms with E-state index in [0.29, 0.717) is 18.8 Å². The summed E-state index contributed by atoms with van der Waals surface area (Å²) in [7, 11) is 1.61. The number of aryl methyl sites for hydroxylation is 1. The van der Waals surface area contributed by atoms with Crippen LogP contribution in [0.25, 0.3) is 0 Å². The molecule has 0 saturated heterocycles. The summed E-state index contributed by atoms with van der Waals surface area (Å²) in [6.45, 7) is 7.77. The zero-order chi connectivity index (χ0) is 14.7. The zero-order valence-corrected chi connectivity index (χ0v) is 12.6. The van der Waals surface area contributed by atoms with Crippen LogP contribution >= 0.6 is 0 Å². The van der Waals surface area contributed by atoms with Crippen molar-refractivity contribution in [1.82, 2.24) is 15.1 Å². The van der Waals surface area contributed by atoms with Crippen LogP contribution in [0.1, 0.15) is 48.6 Å². The van der Waals surface area contributed by atoms with Gasteiger partial charge in [0.25, 0.3) is 5.91 Å². The lowest BCUT2D eigenvalue weighted by Gasteiger charge is -2.26. The molecule has 20 heavy (non-hydrogen) atoms. The first kappa shape index (κ1) is 15.0. The number of fused-ring (bicyclic) bond motifs is 1. The van der Waals surface area contributed by atoms with E-state index in [1.807, 2.05) is 25.5 Å². The Morgan fingerprint density at radius 3 is 2.95 bits per heavy atom. The van der Waals surface area contributed by atoms with Gasteiger partial charge in [0.15, 0.2) is 5.69 Å². The van der Waals surface area contributed by atoms with Crippen LogP contribution in [0, 0.1) is 0 Å². The summed E-state index contributed by atoms with van der Waals surface area (Å²) in [5.74, 6) is -0.133. The maximum absolute atomic E-state index is 12.3. The van der Waals surface area contributed by atoms with Gasteiger partial charge in [-0.2, -0.15) is 5.10 Å². The second-order valence-electron chi connectivity index (χ2n) is 5.07. The molecule has 0 radical (unpaired) electrons. The molecule has 0 saturated carbocycles. The third-order valence-electron chi connectivity index (χ3n) is 3.51. The summed E-state index contributed by atoms with van der Waals surface area (Å²) < 4.78 is 12.6. The van der Waals surface area contributed by atoms with Crippen molar-refractivity contribution < 1.29 is 14.3 Å². The molecule has 6 heteroatoms. The number of hydrogen-bond donors (Lipinski definition) is 1. The van der Waals surface area contributed by atoms with Crippen LogP contribution in [0.15, 0.2) is 0 Å². The van der Waals surface area contributed by atoms with Crippen molar-refractivity contribution in [1.29, 1.82) is 0 Å². The zero-order valence-electron chi connectivity index (χ0n) is 12.6. The number of nitrogens with zero attached hydrogens (tertiary/aromatic N) is 2. The fourth-order valence-electron chi connectivity index (χ4n) is 2.69. The van der Waals surface area contributed by atoms with Gasteiger partial charge in [0.2, 0.25) is 0 Å². The first-order valence-electron chi connectivity index (χ1n) is 7.10. The van der Waals surface area contributed by atoms with Crippen LogP contribution in [0.5, 0.6) is 0 Å². The van der Waals surface area contributed by atoms with Crippen LogP contribution < -0.4 is 5.32 Å². The number of aromatic nitrogens is 2. The van der Waals surface area contributed by atoms with E-state index in [2.05, 4.69) is 10.4 Å². The predicted molar refractivity (Wildman–Crippen MR) is 74.8 cm³/mol. The van der Waals surface area contributed by atoms with Crippen LogP contribution in [0.4, 0.5) is 0 Å². The van der Waals surface area contributed by atoms with Crippen molar-refractivity contribution in [3.05, 3.63) is 17.0 Å². The van der Waals surface area contributed by atoms with Crippen LogP contribution in [-0.4, -0.2) is 42.1 Å². The molecule has 2 rings (SSSR count). The van der Waals surface area contributed by atoms with Crippen molar-refractivity contribution in [2.75, 3.05) is 20.3 Å². The van der Waals surface area contributed by atoms with E-state index in [1.165, 1.54) is 0 Å². The molecule has 0 unspecified atom stereocenters. The smallest absolute Gasteiger partial charge is 0.272 e. The number of rotatable bonds is 5. The Balaban J connectivity index is 2.28. The number of ether oxygens (including phenoxy) is 2. The molecule has 0 spiro atoms. The van der Waals surface area contributed by atoms with Gasteiger partial charge in [-0.05, 0) is 20.8 Å². The van der Waals surface area contributed by atoms with Gasteiger partial charge in [-0.15, -0.1) is 0 Å². The van der Waals surface area contributed by atoms with Crippen LogP contribution in [0.3, 0.4) is 0 Å². The molecule has 1 aromatic rings. The maximum Gasteiger partial charge on any atom is 0.272 e. The molecule has 1 aromatic heterocycles. The lowest BCUT2D eigenvalue weighted by molar-refractivity contribution is -0.00948. The topological polar surface area (TPSA) is 65.4 Å². The van der Waals surface area contributed by atoms with Crippen molar-refractivity contribution in [3.63, 3.8) is 0 Å². The number of nitrogens with one attached hydrogen (secondary N) is 1. The van der Waals surface area contributed by atoms with E-state index in [9.17, 15) is 4.79 Å². The third-order valence-corrected chi connectivity index (χ3v) is 3.51. The normalized spacial score (nSPS) is 21.6. The highest BCUT2D eigenvalue weighted by Gasteiger charge is 2.31. The van der Waals surface area contributed by atoms with Gasteiger partial charge in [0.1, 0.15) is 0 Å². The minimum Gasteiger partial charge on any atom is -0.383 e. The van der Waals surface area contributed by atoms with Gasteiger partial charge in [-0.25, -0.2) is 0 Å². The Bertz CT molecular complexity index is 484. The van der Waals surface area contributed by atoms with Crippen LogP contribution in [-0.2, 0) is 22.4 Å². The lowest BCUT2D eigenvalue weighted by Crippen LogP contribution is -2.29. The Morgan fingerprint density at radius 1 is 1.55 bits per heavy atom. The summed E-state index contributed by atoms with van der Waals surface area (Å²) >= 11 is 0. The highest BCUT2D eigenvalue weighted by molar-refractivity contribution is 5.94. The van der Waals surface area contributed by atoms with Crippen molar-refractivity contribution in [2.45, 2.75) is 45.9 Å². The molecule has 0 fully saturated rings. The SMILES string of the molecule is CCn1nc(C(=O)NCCOC)c2c1[C@H](C)O[C@H](C)C2. The summed E-state index contributed by atoms with van der Waals surface area (Å²) in [6, 6.07) is 0. The maximum atomic E-state index is 12.3. The van der Waals surface area contributed by atoms with E-state index >= 15 is 0 Å². The quantitative estimate of drug-likeness (QED) is 0.826. The molecule has 6 nitrogen and oxygen atoms in total. The average molecular weight is 281 g/mol. The molecule has 2 atom stereocenters. The molecule has 2 heterocycles. The molecular formula is C14H23N3O3. The Morgan fingerprint density at radius 2 is 2.30 bits per heavy atom. The second kappa shape index (κ2) is 6.37. The third kappa shape index (κ3) is 2.86. The number of hydrogen-bond acceptors (Lipinski definition) is 4. The first-order chi connectivity index (χ1) is 9.58. The van der Waals surface area contributed by atoms with Gasteiger partial charge in [0, 0.05) is 32.2 Å². The fraction of sp³-hybridized carbons (Fsp3) is 0.714.